The number of hydrogen-bond donors (Lipinski definition) is 2. The molecule has 2 aromatic rings. The third kappa shape index (κ3) is 4.86. The quantitative estimate of drug-likeness (QED) is 0.751. The standard InChI is InChI=1S/C18H17Cl2N3O2S/c19-12-1-6-15(16(20)11-12)17(24)22-18(26)21-13-2-4-14(5-3-13)23-7-9-25-10-8-23/h1-6,11H,7-10H2,(H2,21,22,24,26). The van der Waals surface area contributed by atoms with Crippen LogP contribution in [-0.4, -0.2) is 37.3 Å². The molecule has 0 spiro atoms. The van der Waals surface area contributed by atoms with Crippen LogP contribution >= 0.6 is 35.4 Å². The van der Waals surface area contributed by atoms with Crippen molar-refractivity contribution in [1.29, 1.82) is 0 Å². The molecule has 0 bridgehead atoms. The van der Waals surface area contributed by atoms with Crippen molar-refractivity contribution in [2.75, 3.05) is 36.5 Å². The van der Waals surface area contributed by atoms with Crippen molar-refractivity contribution in [3.05, 3.63) is 58.1 Å². The summed E-state index contributed by atoms with van der Waals surface area (Å²) in [6.07, 6.45) is 0. The van der Waals surface area contributed by atoms with E-state index in [0.717, 1.165) is 37.7 Å². The maximum Gasteiger partial charge on any atom is 0.258 e. The number of carbonyl (C=O) groups is 1. The molecule has 136 valence electrons. The number of nitrogens with zero attached hydrogens (tertiary/aromatic N) is 1. The van der Waals surface area contributed by atoms with Crippen LogP contribution in [0, 0.1) is 0 Å². The van der Waals surface area contributed by atoms with Crippen LogP contribution in [0.1, 0.15) is 10.4 Å². The molecule has 0 aliphatic carbocycles. The van der Waals surface area contributed by atoms with E-state index >= 15 is 0 Å². The molecule has 0 atom stereocenters. The summed E-state index contributed by atoms with van der Waals surface area (Å²) in [5.41, 5.74) is 2.22. The van der Waals surface area contributed by atoms with Gasteiger partial charge in [-0.3, -0.25) is 10.1 Å². The Balaban J connectivity index is 1.58. The van der Waals surface area contributed by atoms with Gasteiger partial charge in [0.1, 0.15) is 0 Å². The number of hydrogen-bond acceptors (Lipinski definition) is 4. The smallest absolute Gasteiger partial charge is 0.258 e. The molecule has 0 aromatic heterocycles. The molecule has 5 nitrogen and oxygen atoms in total. The lowest BCUT2D eigenvalue weighted by Gasteiger charge is -2.28. The van der Waals surface area contributed by atoms with Crippen LogP contribution < -0.4 is 15.5 Å². The summed E-state index contributed by atoms with van der Waals surface area (Å²) in [4.78, 5) is 14.5. The average molecular weight is 410 g/mol. The number of morpholine rings is 1. The zero-order valence-corrected chi connectivity index (χ0v) is 16.1. The maximum atomic E-state index is 12.3. The lowest BCUT2D eigenvalue weighted by Crippen LogP contribution is -2.36. The number of nitrogens with one attached hydrogen (secondary N) is 2. The molecule has 26 heavy (non-hydrogen) atoms. The van der Waals surface area contributed by atoms with Crippen molar-refractivity contribution in [2.24, 2.45) is 0 Å². The van der Waals surface area contributed by atoms with Gasteiger partial charge in [0.05, 0.1) is 23.8 Å². The van der Waals surface area contributed by atoms with Crippen molar-refractivity contribution in [2.45, 2.75) is 0 Å². The van der Waals surface area contributed by atoms with Crippen molar-refractivity contribution < 1.29 is 9.53 Å². The highest BCUT2D eigenvalue weighted by molar-refractivity contribution is 7.80. The molecule has 2 N–H and O–H groups in total. The monoisotopic (exact) mass is 409 g/mol. The number of rotatable bonds is 3. The number of carbonyl (C=O) groups excluding carboxylic acids is 1. The first-order valence-corrected chi connectivity index (χ1v) is 9.19. The third-order valence-corrected chi connectivity index (χ3v) is 4.66. The van der Waals surface area contributed by atoms with Crippen molar-refractivity contribution in [1.82, 2.24) is 5.32 Å². The predicted octanol–water partition coefficient (Wildman–Crippen LogP) is 3.96. The Bertz CT molecular complexity index is 809. The lowest BCUT2D eigenvalue weighted by molar-refractivity contribution is 0.0978. The number of anilines is 2. The fraction of sp³-hybridized carbons (Fsp3) is 0.222. The minimum Gasteiger partial charge on any atom is -0.378 e. The van der Waals surface area contributed by atoms with Gasteiger partial charge in [0.15, 0.2) is 5.11 Å². The summed E-state index contributed by atoms with van der Waals surface area (Å²) < 4.78 is 5.36. The fourth-order valence-corrected chi connectivity index (χ4v) is 3.29. The van der Waals surface area contributed by atoms with Gasteiger partial charge < -0.3 is 15.0 Å². The number of ether oxygens (including phenoxy) is 1. The number of halogens is 2. The van der Waals surface area contributed by atoms with Gasteiger partial charge in [0, 0.05) is 29.5 Å². The van der Waals surface area contributed by atoms with Crippen LogP contribution in [0.3, 0.4) is 0 Å². The highest BCUT2D eigenvalue weighted by Gasteiger charge is 2.13. The van der Waals surface area contributed by atoms with E-state index in [1.54, 1.807) is 12.1 Å². The van der Waals surface area contributed by atoms with E-state index in [1.807, 2.05) is 24.3 Å². The Morgan fingerprint density at radius 1 is 1.08 bits per heavy atom. The van der Waals surface area contributed by atoms with E-state index in [0.29, 0.717) is 10.6 Å². The Kier molecular flexibility index (Phi) is 6.32. The van der Waals surface area contributed by atoms with E-state index in [2.05, 4.69) is 15.5 Å². The molecule has 3 rings (SSSR count). The van der Waals surface area contributed by atoms with E-state index in [4.69, 9.17) is 40.2 Å². The predicted molar refractivity (Wildman–Crippen MR) is 110 cm³/mol. The normalized spacial score (nSPS) is 14.0. The molecule has 0 unspecified atom stereocenters. The van der Waals surface area contributed by atoms with E-state index in [9.17, 15) is 4.79 Å². The van der Waals surface area contributed by atoms with Gasteiger partial charge in [-0.15, -0.1) is 0 Å². The zero-order chi connectivity index (χ0) is 18.5. The molecule has 1 fully saturated rings. The second kappa shape index (κ2) is 8.68. The van der Waals surface area contributed by atoms with Crippen LogP contribution in [0.25, 0.3) is 0 Å². The van der Waals surface area contributed by atoms with Crippen molar-refractivity contribution >= 4 is 57.8 Å². The molecule has 1 amide bonds. The number of amides is 1. The molecular weight excluding hydrogens is 393 g/mol. The second-order valence-electron chi connectivity index (χ2n) is 5.68. The van der Waals surface area contributed by atoms with Crippen LogP contribution in [0.5, 0.6) is 0 Å². The van der Waals surface area contributed by atoms with Crippen LogP contribution in [-0.2, 0) is 4.74 Å². The molecule has 1 saturated heterocycles. The minimum absolute atomic E-state index is 0.195. The van der Waals surface area contributed by atoms with Crippen molar-refractivity contribution in [3.8, 4) is 0 Å². The van der Waals surface area contributed by atoms with E-state index in [-0.39, 0.29) is 10.1 Å². The van der Waals surface area contributed by atoms with Crippen LogP contribution in [0.4, 0.5) is 11.4 Å². The summed E-state index contributed by atoms with van der Waals surface area (Å²) in [5.74, 6) is -0.394. The molecule has 1 aliphatic heterocycles. The summed E-state index contributed by atoms with van der Waals surface area (Å²) in [6, 6.07) is 12.5. The highest BCUT2D eigenvalue weighted by Crippen LogP contribution is 2.21. The van der Waals surface area contributed by atoms with Gasteiger partial charge in [-0.05, 0) is 54.7 Å². The number of benzene rings is 2. The Morgan fingerprint density at radius 3 is 2.42 bits per heavy atom. The number of thiocarbonyl (C=S) groups is 1. The van der Waals surface area contributed by atoms with Gasteiger partial charge in [-0.25, -0.2) is 0 Å². The maximum absolute atomic E-state index is 12.3. The summed E-state index contributed by atoms with van der Waals surface area (Å²) in [6.45, 7) is 3.24. The van der Waals surface area contributed by atoms with E-state index in [1.165, 1.54) is 6.07 Å². The average Bonchev–Trinajstić information content (AvgIpc) is 2.63. The Labute approximate surface area is 167 Å². The van der Waals surface area contributed by atoms with Gasteiger partial charge >= 0.3 is 0 Å². The molecule has 8 heteroatoms. The summed E-state index contributed by atoms with van der Waals surface area (Å²) in [5, 5.41) is 6.53. The second-order valence-corrected chi connectivity index (χ2v) is 6.93. The molecule has 2 aromatic carbocycles. The first-order valence-electron chi connectivity index (χ1n) is 8.03. The largest absolute Gasteiger partial charge is 0.378 e. The summed E-state index contributed by atoms with van der Waals surface area (Å²) in [7, 11) is 0. The first-order chi connectivity index (χ1) is 12.5. The van der Waals surface area contributed by atoms with Gasteiger partial charge in [0.25, 0.3) is 5.91 Å². The molecule has 0 saturated carbocycles. The van der Waals surface area contributed by atoms with Crippen LogP contribution in [0.15, 0.2) is 42.5 Å². The fourth-order valence-electron chi connectivity index (χ4n) is 2.58. The van der Waals surface area contributed by atoms with Crippen molar-refractivity contribution in [3.63, 3.8) is 0 Å². The summed E-state index contributed by atoms with van der Waals surface area (Å²) >= 11 is 17.1. The SMILES string of the molecule is O=C(NC(=S)Nc1ccc(N2CCOCC2)cc1)c1ccc(Cl)cc1Cl. The Hall–Kier alpha value is -1.86. The molecule has 1 aliphatic rings. The minimum atomic E-state index is -0.394. The zero-order valence-electron chi connectivity index (χ0n) is 13.8. The Morgan fingerprint density at radius 2 is 1.77 bits per heavy atom. The highest BCUT2D eigenvalue weighted by atomic mass is 35.5. The topological polar surface area (TPSA) is 53.6 Å². The molecular formula is C18H17Cl2N3O2S. The van der Waals surface area contributed by atoms with Gasteiger partial charge in [0.2, 0.25) is 0 Å². The molecule has 1 heterocycles. The van der Waals surface area contributed by atoms with Crippen LogP contribution in [0.2, 0.25) is 10.0 Å². The first kappa shape index (κ1) is 18.9. The molecule has 0 radical (unpaired) electrons. The van der Waals surface area contributed by atoms with Gasteiger partial charge in [-0.1, -0.05) is 23.2 Å². The third-order valence-electron chi connectivity index (χ3n) is 3.90. The lowest BCUT2D eigenvalue weighted by atomic mass is 10.2. The van der Waals surface area contributed by atoms with Gasteiger partial charge in [-0.2, -0.15) is 0 Å². The van der Waals surface area contributed by atoms with E-state index < -0.39 is 5.91 Å².